The van der Waals surface area contributed by atoms with Gasteiger partial charge in [0.25, 0.3) is 5.79 Å². The van der Waals surface area contributed by atoms with Crippen LogP contribution in [0.5, 0.6) is 11.5 Å². The second-order valence-corrected chi connectivity index (χ2v) is 10.6. The molecule has 0 bridgehead atoms. The van der Waals surface area contributed by atoms with Crippen LogP contribution in [-0.2, 0) is 13.1 Å². The van der Waals surface area contributed by atoms with Crippen LogP contribution in [0.25, 0.3) is 12.2 Å². The van der Waals surface area contributed by atoms with Crippen molar-refractivity contribution >= 4 is 17.8 Å². The van der Waals surface area contributed by atoms with Crippen molar-refractivity contribution in [2.75, 3.05) is 4.90 Å². The van der Waals surface area contributed by atoms with E-state index in [0.717, 1.165) is 53.4 Å². The Balaban J connectivity index is 1.36. The number of anilines is 1. The Morgan fingerprint density at radius 2 is 1.32 bits per heavy atom. The fourth-order valence-electron chi connectivity index (χ4n) is 5.27. The highest BCUT2D eigenvalue weighted by molar-refractivity contribution is 5.71. The van der Waals surface area contributed by atoms with Crippen molar-refractivity contribution in [2.24, 2.45) is 5.92 Å². The molecule has 2 aliphatic rings. The van der Waals surface area contributed by atoms with E-state index in [1.54, 1.807) is 0 Å². The monoisotopic (exact) mass is 499 g/mol. The minimum atomic E-state index is -0.937. The molecule has 0 aromatic heterocycles. The maximum absolute atomic E-state index is 6.82. The number of benzene rings is 4. The van der Waals surface area contributed by atoms with Gasteiger partial charge in [0.05, 0.1) is 0 Å². The van der Waals surface area contributed by atoms with Crippen LogP contribution in [0.4, 0.5) is 5.69 Å². The van der Waals surface area contributed by atoms with Gasteiger partial charge in [0.2, 0.25) is 0 Å². The van der Waals surface area contributed by atoms with E-state index in [1.165, 1.54) is 11.1 Å². The normalized spacial score (nSPS) is 17.3. The van der Waals surface area contributed by atoms with E-state index in [-0.39, 0.29) is 0 Å². The largest absolute Gasteiger partial charge is 0.444 e. The summed E-state index contributed by atoms with van der Waals surface area (Å²) >= 11 is 0. The summed E-state index contributed by atoms with van der Waals surface area (Å²) in [4.78, 5) is 2.40. The molecule has 0 amide bonds. The minimum absolute atomic E-state index is 0.476. The molecule has 0 saturated heterocycles. The van der Waals surface area contributed by atoms with Crippen LogP contribution in [-0.4, -0.2) is 5.79 Å². The highest BCUT2D eigenvalue weighted by Gasteiger charge is 2.42. The molecule has 190 valence electrons. The first-order valence-corrected chi connectivity index (χ1v) is 13.4. The van der Waals surface area contributed by atoms with Gasteiger partial charge >= 0.3 is 0 Å². The molecular formula is C35H33NO2. The average Bonchev–Trinajstić information content (AvgIpc) is 2.94. The number of nitrogens with zero attached hydrogens (tertiary/aromatic N) is 1. The molecule has 1 atom stereocenters. The van der Waals surface area contributed by atoms with Crippen LogP contribution >= 0.6 is 0 Å². The Bertz CT molecular complexity index is 1430. The molecule has 1 unspecified atom stereocenters. The molecule has 38 heavy (non-hydrogen) atoms. The first kappa shape index (κ1) is 24.1. The van der Waals surface area contributed by atoms with Crippen molar-refractivity contribution < 1.29 is 9.47 Å². The van der Waals surface area contributed by atoms with Gasteiger partial charge in [-0.05, 0) is 53.8 Å². The van der Waals surface area contributed by atoms with Crippen molar-refractivity contribution in [2.45, 2.75) is 39.1 Å². The van der Waals surface area contributed by atoms with Crippen LogP contribution in [0, 0.1) is 5.92 Å². The zero-order valence-corrected chi connectivity index (χ0v) is 22.0. The van der Waals surface area contributed by atoms with E-state index in [9.17, 15) is 0 Å². The number of hydrogen-bond acceptors (Lipinski definition) is 3. The maximum Gasteiger partial charge on any atom is 0.294 e. The summed E-state index contributed by atoms with van der Waals surface area (Å²) in [6.07, 6.45) is 7.35. The third kappa shape index (κ3) is 4.97. The second-order valence-electron chi connectivity index (χ2n) is 10.6. The zero-order valence-electron chi connectivity index (χ0n) is 22.0. The molecule has 0 saturated carbocycles. The standard InChI is InChI=1S/C35H33NO2/c1-26(2)21-31-22-30-15-9-10-16-33(30)37-35(31)20-19-29-17-18-32(23-34(29)38-35)36(24-27-11-5-3-6-12-27)25-28-13-7-4-8-14-28/h3-20,22-23,26H,21,24-25H2,1-2H3. The fourth-order valence-corrected chi connectivity index (χ4v) is 5.27. The van der Waals surface area contributed by atoms with Gasteiger partial charge in [-0.2, -0.15) is 0 Å². The molecule has 0 radical (unpaired) electrons. The zero-order chi connectivity index (χ0) is 26.0. The van der Waals surface area contributed by atoms with Crippen LogP contribution < -0.4 is 14.4 Å². The van der Waals surface area contributed by atoms with Gasteiger partial charge in [0.1, 0.15) is 11.5 Å². The van der Waals surface area contributed by atoms with Gasteiger partial charge in [-0.3, -0.25) is 0 Å². The Hall–Kier alpha value is -4.24. The highest BCUT2D eigenvalue weighted by Crippen LogP contribution is 2.44. The van der Waals surface area contributed by atoms with Gasteiger partial charge < -0.3 is 14.4 Å². The molecule has 0 fully saturated rings. The fraction of sp³-hybridized carbons (Fsp3) is 0.200. The molecular weight excluding hydrogens is 466 g/mol. The third-order valence-electron chi connectivity index (χ3n) is 7.12. The topological polar surface area (TPSA) is 21.7 Å². The Morgan fingerprint density at radius 3 is 2.00 bits per heavy atom. The summed E-state index contributed by atoms with van der Waals surface area (Å²) in [5, 5.41) is 0. The smallest absolute Gasteiger partial charge is 0.294 e. The minimum Gasteiger partial charge on any atom is -0.444 e. The molecule has 2 heterocycles. The maximum atomic E-state index is 6.82. The molecule has 0 N–H and O–H groups in total. The molecule has 1 spiro atoms. The summed E-state index contributed by atoms with van der Waals surface area (Å²) in [6.45, 7) is 6.08. The highest BCUT2D eigenvalue weighted by atomic mass is 16.7. The van der Waals surface area contributed by atoms with Gasteiger partial charge in [-0.15, -0.1) is 0 Å². The molecule has 4 aromatic carbocycles. The average molecular weight is 500 g/mol. The van der Waals surface area contributed by atoms with E-state index in [1.807, 2.05) is 12.1 Å². The van der Waals surface area contributed by atoms with Crippen molar-refractivity contribution in [3.63, 3.8) is 0 Å². The van der Waals surface area contributed by atoms with Crippen LogP contribution in [0.15, 0.2) is 115 Å². The molecule has 3 nitrogen and oxygen atoms in total. The van der Waals surface area contributed by atoms with E-state index >= 15 is 0 Å². The third-order valence-corrected chi connectivity index (χ3v) is 7.12. The SMILES string of the molecule is CC(C)CC1=Cc2ccccc2OC12C=Cc1ccc(N(Cc3ccccc3)Cc3ccccc3)cc1O2. The quantitative estimate of drug-likeness (QED) is 0.254. The van der Waals surface area contributed by atoms with Crippen molar-refractivity contribution in [3.8, 4) is 11.5 Å². The summed E-state index contributed by atoms with van der Waals surface area (Å²) in [6, 6.07) is 35.9. The lowest BCUT2D eigenvalue weighted by atomic mass is 9.89. The number of rotatable bonds is 7. The van der Waals surface area contributed by atoms with Gasteiger partial charge in [0, 0.05) is 47.6 Å². The van der Waals surface area contributed by atoms with Crippen LogP contribution in [0.3, 0.4) is 0 Å². The predicted octanol–water partition coefficient (Wildman–Crippen LogP) is 8.52. The Labute approximate surface area is 225 Å². The first-order chi connectivity index (χ1) is 18.6. The Morgan fingerprint density at radius 1 is 0.684 bits per heavy atom. The lowest BCUT2D eigenvalue weighted by Crippen LogP contribution is -2.45. The summed E-state index contributed by atoms with van der Waals surface area (Å²) in [7, 11) is 0. The predicted molar refractivity (Wildman–Crippen MR) is 156 cm³/mol. The number of ether oxygens (including phenoxy) is 2. The Kier molecular flexibility index (Phi) is 6.51. The van der Waals surface area contributed by atoms with E-state index in [0.29, 0.717) is 5.92 Å². The van der Waals surface area contributed by atoms with E-state index in [4.69, 9.17) is 9.47 Å². The summed E-state index contributed by atoms with van der Waals surface area (Å²) < 4.78 is 13.4. The van der Waals surface area contributed by atoms with Gasteiger partial charge in [0.15, 0.2) is 0 Å². The summed E-state index contributed by atoms with van der Waals surface area (Å²) in [5.41, 5.74) is 6.96. The molecule has 0 aliphatic carbocycles. The number of hydrogen-bond donors (Lipinski definition) is 0. The van der Waals surface area contributed by atoms with Crippen molar-refractivity contribution in [1.82, 2.24) is 0 Å². The van der Waals surface area contributed by atoms with Gasteiger partial charge in [-0.1, -0.05) is 92.7 Å². The van der Waals surface area contributed by atoms with Gasteiger partial charge in [-0.25, -0.2) is 0 Å². The molecule has 4 aromatic rings. The van der Waals surface area contributed by atoms with E-state index < -0.39 is 5.79 Å². The lowest BCUT2D eigenvalue weighted by molar-refractivity contribution is -0.0447. The first-order valence-electron chi connectivity index (χ1n) is 13.4. The summed E-state index contributed by atoms with van der Waals surface area (Å²) in [5.74, 6) is 1.22. The van der Waals surface area contributed by atoms with Crippen molar-refractivity contribution in [1.29, 1.82) is 0 Å². The molecule has 6 rings (SSSR count). The number of fused-ring (bicyclic) bond motifs is 2. The molecule has 3 heteroatoms. The second kappa shape index (κ2) is 10.3. The lowest BCUT2D eigenvalue weighted by Gasteiger charge is -2.40. The van der Waals surface area contributed by atoms with Crippen LogP contribution in [0.2, 0.25) is 0 Å². The van der Waals surface area contributed by atoms with Crippen molar-refractivity contribution in [3.05, 3.63) is 137 Å². The van der Waals surface area contributed by atoms with Crippen LogP contribution in [0.1, 0.15) is 42.5 Å². The van der Waals surface area contributed by atoms with E-state index in [2.05, 4.69) is 128 Å². The number of para-hydroxylation sites is 1. The molecule has 2 aliphatic heterocycles.